The van der Waals surface area contributed by atoms with Crippen molar-refractivity contribution in [1.82, 2.24) is 4.90 Å². The first-order chi connectivity index (χ1) is 12.2. The Morgan fingerprint density at radius 2 is 1.84 bits per heavy atom. The van der Waals surface area contributed by atoms with Crippen molar-refractivity contribution in [2.45, 2.75) is 19.8 Å². The van der Waals surface area contributed by atoms with Crippen LogP contribution < -0.4 is 0 Å². The monoisotopic (exact) mass is 338 g/mol. The summed E-state index contributed by atoms with van der Waals surface area (Å²) < 4.78 is 5.08. The van der Waals surface area contributed by atoms with Gasteiger partial charge < -0.3 is 15.0 Å². The number of nitrogens with one attached hydrogen (secondary N) is 1. The lowest BCUT2D eigenvalue weighted by Crippen LogP contribution is -2.40. The summed E-state index contributed by atoms with van der Waals surface area (Å²) in [5.74, 6) is -0.286. The van der Waals surface area contributed by atoms with E-state index in [9.17, 15) is 9.59 Å². The van der Waals surface area contributed by atoms with Crippen molar-refractivity contribution in [3.63, 3.8) is 0 Å². The Hall–Kier alpha value is -2.69. The summed E-state index contributed by atoms with van der Waals surface area (Å²) >= 11 is 0. The molecule has 0 radical (unpaired) electrons. The lowest BCUT2D eigenvalue weighted by atomic mass is 9.95. The fourth-order valence-electron chi connectivity index (χ4n) is 3.38. The van der Waals surface area contributed by atoms with Gasteiger partial charge in [0.15, 0.2) is 0 Å². The minimum Gasteiger partial charge on any atom is -0.466 e. The molecule has 0 saturated carbocycles. The van der Waals surface area contributed by atoms with Crippen molar-refractivity contribution in [3.05, 3.63) is 47.5 Å². The van der Waals surface area contributed by atoms with Gasteiger partial charge in [-0.2, -0.15) is 0 Å². The van der Waals surface area contributed by atoms with Crippen LogP contribution in [0.3, 0.4) is 0 Å². The second-order valence-electron chi connectivity index (χ2n) is 6.21. The van der Waals surface area contributed by atoms with E-state index in [1.165, 1.54) is 6.21 Å². The smallest absolute Gasteiger partial charge is 0.309 e. The van der Waals surface area contributed by atoms with E-state index in [-0.39, 0.29) is 17.8 Å². The minimum atomic E-state index is -0.157. The molecule has 0 bridgehead atoms. The second kappa shape index (κ2) is 7.47. The first kappa shape index (κ1) is 17.1. The quantitative estimate of drug-likeness (QED) is 0.687. The molecule has 2 aromatic rings. The van der Waals surface area contributed by atoms with Gasteiger partial charge in [-0.1, -0.05) is 30.3 Å². The molecule has 5 nitrogen and oxygen atoms in total. The molecule has 1 amide bonds. The largest absolute Gasteiger partial charge is 0.466 e. The van der Waals surface area contributed by atoms with Gasteiger partial charge in [-0.05, 0) is 42.2 Å². The van der Waals surface area contributed by atoms with Crippen molar-refractivity contribution in [1.29, 1.82) is 5.41 Å². The molecular formula is C20H22N2O3. The normalized spacial score (nSPS) is 15.2. The van der Waals surface area contributed by atoms with Crippen molar-refractivity contribution in [3.8, 4) is 0 Å². The minimum absolute atomic E-state index is 0.0185. The van der Waals surface area contributed by atoms with Crippen molar-refractivity contribution >= 4 is 28.9 Å². The third kappa shape index (κ3) is 3.40. The first-order valence-electron chi connectivity index (χ1n) is 8.63. The summed E-state index contributed by atoms with van der Waals surface area (Å²) in [6, 6.07) is 11.3. The van der Waals surface area contributed by atoms with Gasteiger partial charge in [-0.3, -0.25) is 9.59 Å². The maximum absolute atomic E-state index is 13.0. The van der Waals surface area contributed by atoms with Gasteiger partial charge in [0.05, 0.1) is 12.5 Å². The molecule has 1 N–H and O–H groups in total. The summed E-state index contributed by atoms with van der Waals surface area (Å²) in [5, 5.41) is 9.30. The third-order valence-corrected chi connectivity index (χ3v) is 4.75. The Morgan fingerprint density at radius 1 is 1.16 bits per heavy atom. The Bertz CT molecular complexity index is 808. The summed E-state index contributed by atoms with van der Waals surface area (Å²) in [6.45, 7) is 3.31. The molecule has 1 fully saturated rings. The molecular weight excluding hydrogens is 316 g/mol. The molecule has 1 aliphatic heterocycles. The van der Waals surface area contributed by atoms with E-state index in [0.29, 0.717) is 38.1 Å². The maximum atomic E-state index is 13.0. The highest BCUT2D eigenvalue weighted by Crippen LogP contribution is 2.25. The number of ether oxygens (including phenoxy) is 1. The third-order valence-electron chi connectivity index (χ3n) is 4.75. The SMILES string of the molecule is CCOC(=O)C1CCN(C(=O)c2ccc(C=N)c3ccccc23)CC1. The number of carbonyl (C=O) groups excluding carboxylic acids is 2. The van der Waals surface area contributed by atoms with Crippen LogP contribution in [-0.2, 0) is 9.53 Å². The van der Waals surface area contributed by atoms with Gasteiger partial charge >= 0.3 is 5.97 Å². The predicted molar refractivity (Wildman–Crippen MR) is 97.1 cm³/mol. The average Bonchev–Trinajstić information content (AvgIpc) is 2.67. The first-order valence-corrected chi connectivity index (χ1v) is 8.63. The highest BCUT2D eigenvalue weighted by molar-refractivity contribution is 6.11. The Kier molecular flexibility index (Phi) is 5.12. The van der Waals surface area contributed by atoms with Gasteiger partial charge in [0.1, 0.15) is 0 Å². The van der Waals surface area contributed by atoms with Crippen LogP contribution in [0, 0.1) is 11.3 Å². The molecule has 0 unspecified atom stereocenters. The Balaban J connectivity index is 1.80. The lowest BCUT2D eigenvalue weighted by Gasteiger charge is -2.31. The molecule has 2 aromatic carbocycles. The summed E-state index contributed by atoms with van der Waals surface area (Å²) in [4.78, 5) is 26.6. The Labute approximate surface area is 147 Å². The lowest BCUT2D eigenvalue weighted by molar-refractivity contribution is -0.149. The number of carbonyl (C=O) groups is 2. The number of amides is 1. The molecule has 1 aliphatic rings. The number of benzene rings is 2. The number of fused-ring (bicyclic) bond motifs is 1. The molecule has 0 aliphatic carbocycles. The van der Waals surface area contributed by atoms with Crippen LogP contribution in [0.15, 0.2) is 36.4 Å². The fourth-order valence-corrected chi connectivity index (χ4v) is 3.38. The van der Waals surface area contributed by atoms with Gasteiger partial charge in [0.2, 0.25) is 0 Å². The zero-order valence-electron chi connectivity index (χ0n) is 14.3. The molecule has 0 spiro atoms. The number of hydrogen-bond acceptors (Lipinski definition) is 4. The summed E-state index contributed by atoms with van der Waals surface area (Å²) in [5.41, 5.74) is 1.45. The average molecular weight is 338 g/mol. The van der Waals surface area contributed by atoms with Crippen LogP contribution in [0.1, 0.15) is 35.7 Å². The van der Waals surface area contributed by atoms with E-state index in [2.05, 4.69) is 0 Å². The zero-order chi connectivity index (χ0) is 17.8. The number of piperidine rings is 1. The highest BCUT2D eigenvalue weighted by atomic mass is 16.5. The van der Waals surface area contributed by atoms with Crippen LogP contribution in [0.25, 0.3) is 10.8 Å². The van der Waals surface area contributed by atoms with Crippen LogP contribution in [0.2, 0.25) is 0 Å². The van der Waals surface area contributed by atoms with Gasteiger partial charge in [-0.15, -0.1) is 0 Å². The molecule has 3 rings (SSSR count). The number of likely N-dealkylation sites (tertiary alicyclic amines) is 1. The molecule has 0 aromatic heterocycles. The predicted octanol–water partition coefficient (Wildman–Crippen LogP) is 3.25. The van der Waals surface area contributed by atoms with Crippen molar-refractivity contribution < 1.29 is 14.3 Å². The standard InChI is InChI=1S/C20H22N2O3/c1-2-25-20(24)14-9-11-22(12-10-14)19(23)18-8-7-15(13-21)16-5-3-4-6-17(16)18/h3-8,13-14,21H,2,9-12H2,1H3. The van der Waals surface area contributed by atoms with E-state index in [1.54, 1.807) is 13.0 Å². The fraction of sp³-hybridized carbons (Fsp3) is 0.350. The number of esters is 1. The molecule has 1 saturated heterocycles. The van der Waals surface area contributed by atoms with Crippen LogP contribution in [-0.4, -0.2) is 42.7 Å². The van der Waals surface area contributed by atoms with Crippen LogP contribution in [0.4, 0.5) is 0 Å². The molecule has 130 valence electrons. The van der Waals surface area contributed by atoms with E-state index in [1.807, 2.05) is 35.2 Å². The van der Waals surface area contributed by atoms with Gasteiger partial charge in [-0.25, -0.2) is 0 Å². The van der Waals surface area contributed by atoms with Gasteiger partial charge in [0.25, 0.3) is 5.91 Å². The molecule has 5 heteroatoms. The maximum Gasteiger partial charge on any atom is 0.309 e. The van der Waals surface area contributed by atoms with Crippen LogP contribution in [0.5, 0.6) is 0 Å². The number of nitrogens with zero attached hydrogens (tertiary/aromatic N) is 1. The summed E-state index contributed by atoms with van der Waals surface area (Å²) in [6.07, 6.45) is 2.59. The van der Waals surface area contributed by atoms with Crippen molar-refractivity contribution in [2.75, 3.05) is 19.7 Å². The van der Waals surface area contributed by atoms with Crippen LogP contribution >= 0.6 is 0 Å². The number of rotatable bonds is 4. The van der Waals surface area contributed by atoms with E-state index >= 15 is 0 Å². The van der Waals surface area contributed by atoms with E-state index in [0.717, 1.165) is 16.3 Å². The molecule has 25 heavy (non-hydrogen) atoms. The van der Waals surface area contributed by atoms with Gasteiger partial charge in [0, 0.05) is 24.9 Å². The molecule has 0 atom stereocenters. The van der Waals surface area contributed by atoms with Crippen molar-refractivity contribution in [2.24, 2.45) is 5.92 Å². The molecule has 1 heterocycles. The topological polar surface area (TPSA) is 70.5 Å². The second-order valence-corrected chi connectivity index (χ2v) is 6.21. The van der Waals surface area contributed by atoms with E-state index in [4.69, 9.17) is 10.1 Å². The summed E-state index contributed by atoms with van der Waals surface area (Å²) in [7, 11) is 0. The van der Waals surface area contributed by atoms with E-state index < -0.39 is 0 Å². The zero-order valence-corrected chi connectivity index (χ0v) is 14.3. The number of hydrogen-bond donors (Lipinski definition) is 1. The highest BCUT2D eigenvalue weighted by Gasteiger charge is 2.29. The Morgan fingerprint density at radius 3 is 2.48 bits per heavy atom.